The first kappa shape index (κ1) is 51.8. The number of hydrogen-bond donors (Lipinski definition) is 0. The zero-order valence-corrected chi connectivity index (χ0v) is 41.6. The third-order valence-electron chi connectivity index (χ3n) is 17.6. The lowest BCUT2D eigenvalue weighted by atomic mass is 9.33. The Morgan fingerprint density at radius 3 is 1.79 bits per heavy atom. The van der Waals surface area contributed by atoms with Crippen molar-refractivity contribution in [2.24, 2.45) is 50.7 Å². The van der Waals surface area contributed by atoms with Gasteiger partial charge in [0.15, 0.2) is 12.2 Å². The molecule has 0 amide bonds. The van der Waals surface area contributed by atoms with E-state index < -0.39 is 113 Å². The molecule has 0 aromatic rings. The van der Waals surface area contributed by atoms with E-state index in [0.29, 0.717) is 38.5 Å². The smallest absolute Gasteiger partial charge is 0.315 e. The molecular weight excluding hydrogens is 873 g/mol. The highest BCUT2D eigenvalue weighted by Gasteiger charge is 2.73. The number of carbonyl (C=O) groups excluding carboxylic acids is 8. The normalized spacial score (nSPS) is 42.0. The molecule has 0 spiro atoms. The van der Waals surface area contributed by atoms with Crippen LogP contribution in [-0.2, 0) is 81.0 Å². The highest BCUT2D eigenvalue weighted by atomic mass is 16.7. The second kappa shape index (κ2) is 18.8. The lowest BCUT2D eigenvalue weighted by molar-refractivity contribution is -0.306. The molecule has 5 aliphatic carbocycles. The molecule has 0 unspecified atom stereocenters. The van der Waals surface area contributed by atoms with Gasteiger partial charge in [-0.2, -0.15) is 0 Å². The van der Waals surface area contributed by atoms with Crippen molar-refractivity contribution in [3.8, 4) is 0 Å². The van der Waals surface area contributed by atoms with E-state index >= 15 is 4.79 Å². The van der Waals surface area contributed by atoms with E-state index in [1.807, 2.05) is 13.8 Å². The van der Waals surface area contributed by atoms with E-state index in [1.54, 1.807) is 0 Å². The highest BCUT2D eigenvalue weighted by molar-refractivity contribution is 5.80. The molecule has 0 bridgehead atoms. The minimum Gasteiger partial charge on any atom is -0.465 e. The molecule has 374 valence electrons. The van der Waals surface area contributed by atoms with Gasteiger partial charge in [0.1, 0.15) is 31.0 Å². The number of hydrogen-bond acceptors (Lipinski definition) is 17. The number of rotatable bonds is 11. The highest BCUT2D eigenvalue weighted by Crippen LogP contribution is 2.76. The molecular formula is C50H72O17. The van der Waals surface area contributed by atoms with Crippen LogP contribution in [0.3, 0.4) is 0 Å². The summed E-state index contributed by atoms with van der Waals surface area (Å²) in [5.74, 6) is -5.88. The zero-order chi connectivity index (χ0) is 49.8. The average Bonchev–Trinajstić information content (AvgIpc) is 3.20. The predicted molar refractivity (Wildman–Crippen MR) is 235 cm³/mol. The Bertz CT molecular complexity index is 2050. The average molecular weight is 945 g/mol. The summed E-state index contributed by atoms with van der Waals surface area (Å²) in [6, 6.07) is 0. The Hall–Kier alpha value is -4.54. The minimum absolute atomic E-state index is 0.0364. The van der Waals surface area contributed by atoms with Gasteiger partial charge in [-0.1, -0.05) is 46.3 Å². The molecule has 1 aliphatic heterocycles. The van der Waals surface area contributed by atoms with Crippen molar-refractivity contribution in [1.82, 2.24) is 0 Å². The maximum absolute atomic E-state index is 15.6. The predicted octanol–water partition coefficient (Wildman–Crippen LogP) is 6.43. The third kappa shape index (κ3) is 9.11. The van der Waals surface area contributed by atoms with Crippen molar-refractivity contribution in [3.63, 3.8) is 0 Å². The zero-order valence-electron chi connectivity index (χ0n) is 41.6. The van der Waals surface area contributed by atoms with E-state index in [9.17, 15) is 33.6 Å². The van der Waals surface area contributed by atoms with E-state index in [-0.39, 0.29) is 41.2 Å². The first-order valence-electron chi connectivity index (χ1n) is 23.8. The fourth-order valence-corrected chi connectivity index (χ4v) is 14.4. The van der Waals surface area contributed by atoms with Gasteiger partial charge in [-0.05, 0) is 98.7 Å². The van der Waals surface area contributed by atoms with Gasteiger partial charge < -0.3 is 42.6 Å². The summed E-state index contributed by atoms with van der Waals surface area (Å²) in [4.78, 5) is 103. The number of esters is 8. The first-order chi connectivity index (χ1) is 31.1. The van der Waals surface area contributed by atoms with Crippen LogP contribution in [0.2, 0.25) is 0 Å². The summed E-state index contributed by atoms with van der Waals surface area (Å²) in [5, 5.41) is 0. The monoisotopic (exact) mass is 944 g/mol. The topological polar surface area (TPSA) is 220 Å². The molecule has 16 atom stereocenters. The molecule has 4 saturated carbocycles. The van der Waals surface area contributed by atoms with Crippen LogP contribution >= 0.6 is 0 Å². The van der Waals surface area contributed by atoms with Gasteiger partial charge in [-0.3, -0.25) is 38.4 Å². The second-order valence-electron chi connectivity index (χ2n) is 21.5. The Labute approximate surface area is 393 Å². The van der Waals surface area contributed by atoms with E-state index in [1.165, 1.54) is 27.7 Å². The SMILES string of the molecule is CC(=O)OC[C@@H]1O[C@H](OC(=O)[C@]23CC[C@H](C)[C@](C)(OC(C)=O)[C@@H]2C2=CC[C@@H]4[C@@]5(C)CC[C@H](OC(C)=O)[C@@](C)(COC(C)=O)[C@@H]5CC[C@@]4(C)[C@]2(C)CC3)[C@@H](OC(C)=O)[C@H](OC(C)=O)[C@H]1OC(C)=O. The van der Waals surface area contributed by atoms with Crippen molar-refractivity contribution < 1.29 is 81.0 Å². The summed E-state index contributed by atoms with van der Waals surface area (Å²) >= 11 is 0. The summed E-state index contributed by atoms with van der Waals surface area (Å²) in [7, 11) is 0. The maximum atomic E-state index is 15.6. The quantitative estimate of drug-likeness (QED) is 0.124. The fraction of sp³-hybridized carbons (Fsp3) is 0.800. The molecule has 6 rings (SSSR count). The van der Waals surface area contributed by atoms with Crippen LogP contribution in [0, 0.1) is 50.7 Å². The molecule has 6 aliphatic rings. The lowest BCUT2D eigenvalue weighted by Gasteiger charge is -2.72. The molecule has 0 aromatic heterocycles. The van der Waals surface area contributed by atoms with Gasteiger partial charge in [-0.15, -0.1) is 0 Å². The minimum atomic E-state index is -1.74. The summed E-state index contributed by atoms with van der Waals surface area (Å²) < 4.78 is 53.0. The Morgan fingerprint density at radius 2 is 1.21 bits per heavy atom. The van der Waals surface area contributed by atoms with Crippen molar-refractivity contribution in [2.75, 3.05) is 13.2 Å². The van der Waals surface area contributed by atoms with Gasteiger partial charge in [0.25, 0.3) is 0 Å². The summed E-state index contributed by atoms with van der Waals surface area (Å²) in [6.45, 7) is 21.3. The number of allylic oxidation sites excluding steroid dienone is 1. The number of ether oxygens (including phenoxy) is 9. The Kier molecular flexibility index (Phi) is 14.5. The van der Waals surface area contributed by atoms with Crippen LogP contribution in [0.5, 0.6) is 0 Å². The number of carbonyl (C=O) groups is 8. The van der Waals surface area contributed by atoms with E-state index in [2.05, 4.69) is 33.8 Å². The van der Waals surface area contributed by atoms with Crippen LogP contribution in [0.4, 0.5) is 0 Å². The maximum Gasteiger partial charge on any atom is 0.315 e. The Morgan fingerprint density at radius 1 is 0.612 bits per heavy atom. The molecule has 5 fully saturated rings. The van der Waals surface area contributed by atoms with Crippen molar-refractivity contribution >= 4 is 47.8 Å². The van der Waals surface area contributed by atoms with E-state index in [0.717, 1.165) is 45.6 Å². The van der Waals surface area contributed by atoms with Crippen molar-refractivity contribution in [1.29, 1.82) is 0 Å². The largest absolute Gasteiger partial charge is 0.465 e. The first-order valence-corrected chi connectivity index (χ1v) is 23.8. The van der Waals surface area contributed by atoms with Crippen molar-refractivity contribution in [2.45, 2.75) is 190 Å². The van der Waals surface area contributed by atoms with Crippen LogP contribution < -0.4 is 0 Å². The molecule has 17 heteroatoms. The summed E-state index contributed by atoms with van der Waals surface area (Å²) in [5.41, 5.74) is -3.29. The Balaban J connectivity index is 1.45. The van der Waals surface area contributed by atoms with Crippen LogP contribution in [0.25, 0.3) is 0 Å². The van der Waals surface area contributed by atoms with Crippen LogP contribution in [0.15, 0.2) is 11.6 Å². The molecule has 0 N–H and O–H groups in total. The molecule has 0 radical (unpaired) electrons. The van der Waals surface area contributed by atoms with Crippen LogP contribution in [-0.4, -0.2) is 103 Å². The van der Waals surface area contributed by atoms with Gasteiger partial charge >= 0.3 is 47.8 Å². The van der Waals surface area contributed by atoms with Gasteiger partial charge in [0.05, 0.1) is 5.41 Å². The molecule has 17 nitrogen and oxygen atoms in total. The number of fused-ring (bicyclic) bond motifs is 7. The lowest BCUT2D eigenvalue weighted by Crippen LogP contribution is -2.69. The van der Waals surface area contributed by atoms with E-state index in [4.69, 9.17) is 42.6 Å². The van der Waals surface area contributed by atoms with Gasteiger partial charge in [0, 0.05) is 59.8 Å². The standard InChI is InChI=1S/C50H72O17/c1-26-16-21-50(44(58)66-43-41(64-32(7)56)40(63-31(6)55)39(62-30(5)54)35(65-43)24-59-27(2)51)23-22-47(11)34(42(50)49(26,13)67-33(8)57)14-15-37-45(9)19-18-38(61-29(4)53)46(10,25-60-28(3)52)36(45)17-20-48(37,47)12/h14,26,35-43H,15-25H2,1-13H3/t26-,35-,36+,37+,38-,39-,40+,41-,42-,43+,45-,46-,47+,48+,49-,50-/m0/s1. The van der Waals surface area contributed by atoms with Crippen LogP contribution in [0.1, 0.15) is 148 Å². The second-order valence-corrected chi connectivity index (χ2v) is 21.5. The molecule has 1 heterocycles. The molecule has 0 aromatic carbocycles. The van der Waals surface area contributed by atoms with Crippen molar-refractivity contribution in [3.05, 3.63) is 11.6 Å². The summed E-state index contributed by atoms with van der Waals surface area (Å²) in [6.07, 6.45) is -0.586. The fourth-order valence-electron chi connectivity index (χ4n) is 14.4. The molecule has 1 saturated heterocycles. The molecule has 67 heavy (non-hydrogen) atoms. The third-order valence-corrected chi connectivity index (χ3v) is 17.6. The van der Waals surface area contributed by atoms with Gasteiger partial charge in [0.2, 0.25) is 12.4 Å². The van der Waals surface area contributed by atoms with Gasteiger partial charge in [-0.25, -0.2) is 0 Å².